The summed E-state index contributed by atoms with van der Waals surface area (Å²) in [4.78, 5) is 21.0. The molecule has 8 heteroatoms. The topological polar surface area (TPSA) is 36.4 Å². The second-order valence-electron chi connectivity index (χ2n) is 5.67. The van der Waals surface area contributed by atoms with E-state index in [9.17, 15) is 9.18 Å². The average Bonchev–Trinajstić information content (AvgIpc) is 2.96. The number of rotatable bonds is 3. The van der Waals surface area contributed by atoms with Gasteiger partial charge in [0, 0.05) is 38.1 Å². The van der Waals surface area contributed by atoms with E-state index in [1.54, 1.807) is 16.2 Å². The molecule has 0 spiro atoms. The van der Waals surface area contributed by atoms with E-state index in [0.29, 0.717) is 13.1 Å². The molecule has 1 aliphatic heterocycles. The Hall–Kier alpha value is -1.21. The first-order valence-corrected chi connectivity index (χ1v) is 9.15. The van der Waals surface area contributed by atoms with Gasteiger partial charge in [0.1, 0.15) is 5.82 Å². The number of amides is 1. The van der Waals surface area contributed by atoms with Gasteiger partial charge in [0.2, 0.25) is 0 Å². The maximum Gasteiger partial charge on any atom is 0.255 e. The van der Waals surface area contributed by atoms with Gasteiger partial charge in [0.25, 0.3) is 5.91 Å². The van der Waals surface area contributed by atoms with Crippen LogP contribution >= 0.6 is 34.5 Å². The van der Waals surface area contributed by atoms with E-state index < -0.39 is 5.82 Å². The van der Waals surface area contributed by atoms with Crippen LogP contribution in [0.2, 0.25) is 10.0 Å². The molecule has 0 unspecified atom stereocenters. The highest BCUT2D eigenvalue weighted by Gasteiger charge is 2.25. The Bertz CT molecular complexity index is 760. The fraction of sp³-hybridized carbons (Fsp3) is 0.375. The number of carbonyl (C=O) groups excluding carboxylic acids is 1. The first-order chi connectivity index (χ1) is 11.4. The molecule has 24 heavy (non-hydrogen) atoms. The molecule has 0 atom stereocenters. The molecule has 1 aromatic heterocycles. The van der Waals surface area contributed by atoms with Gasteiger partial charge < -0.3 is 4.90 Å². The van der Waals surface area contributed by atoms with E-state index in [-0.39, 0.29) is 21.5 Å². The number of nitrogens with zero attached hydrogens (tertiary/aromatic N) is 3. The summed E-state index contributed by atoms with van der Waals surface area (Å²) in [5.41, 5.74) is 1.21. The van der Waals surface area contributed by atoms with Crippen LogP contribution in [0.15, 0.2) is 17.5 Å². The van der Waals surface area contributed by atoms with Gasteiger partial charge in [-0.1, -0.05) is 23.2 Å². The highest BCUT2D eigenvalue weighted by molar-refractivity contribution is 7.09. The number of aryl methyl sites for hydroxylation is 1. The van der Waals surface area contributed by atoms with Crippen molar-refractivity contribution in [2.75, 3.05) is 26.2 Å². The van der Waals surface area contributed by atoms with Crippen molar-refractivity contribution in [3.8, 4) is 0 Å². The Labute approximate surface area is 153 Å². The summed E-state index contributed by atoms with van der Waals surface area (Å²) in [5.74, 6) is -0.901. The fourth-order valence-corrected chi connectivity index (χ4v) is 3.74. The SMILES string of the molecule is Cc1nc(CN2CCN(C(=O)c3cc(F)c(Cl)cc3Cl)CC2)cs1. The minimum absolute atomic E-state index is 0.0834. The van der Waals surface area contributed by atoms with E-state index in [0.717, 1.165) is 36.4 Å². The number of hydrogen-bond donors (Lipinski definition) is 0. The zero-order valence-corrected chi connectivity index (χ0v) is 15.4. The smallest absolute Gasteiger partial charge is 0.255 e. The van der Waals surface area contributed by atoms with Crippen LogP contribution in [0.1, 0.15) is 21.1 Å². The molecule has 2 heterocycles. The Kier molecular flexibility index (Phi) is 5.39. The van der Waals surface area contributed by atoms with Gasteiger partial charge in [-0.3, -0.25) is 9.69 Å². The van der Waals surface area contributed by atoms with Crippen LogP contribution in [0.3, 0.4) is 0 Å². The Morgan fingerprint density at radius 1 is 1.25 bits per heavy atom. The van der Waals surface area contributed by atoms with Crippen LogP contribution in [0.4, 0.5) is 4.39 Å². The minimum atomic E-state index is -0.637. The normalized spacial score (nSPS) is 15.8. The molecule has 2 aromatic rings. The molecule has 1 aromatic carbocycles. The number of halogens is 3. The van der Waals surface area contributed by atoms with Gasteiger partial charge >= 0.3 is 0 Å². The summed E-state index contributed by atoms with van der Waals surface area (Å²) >= 11 is 13.4. The van der Waals surface area contributed by atoms with Crippen molar-refractivity contribution < 1.29 is 9.18 Å². The molecule has 1 saturated heterocycles. The van der Waals surface area contributed by atoms with Crippen molar-refractivity contribution in [1.29, 1.82) is 0 Å². The van der Waals surface area contributed by atoms with Crippen molar-refractivity contribution in [2.45, 2.75) is 13.5 Å². The maximum atomic E-state index is 13.6. The molecule has 0 saturated carbocycles. The summed E-state index contributed by atoms with van der Waals surface area (Å²) in [6, 6.07) is 2.38. The van der Waals surface area contributed by atoms with E-state index in [1.165, 1.54) is 6.07 Å². The largest absolute Gasteiger partial charge is 0.336 e. The minimum Gasteiger partial charge on any atom is -0.336 e. The quantitative estimate of drug-likeness (QED) is 0.750. The Morgan fingerprint density at radius 3 is 2.58 bits per heavy atom. The van der Waals surface area contributed by atoms with Gasteiger partial charge in [-0.2, -0.15) is 0 Å². The first kappa shape index (κ1) is 17.6. The van der Waals surface area contributed by atoms with Crippen LogP contribution in [0.5, 0.6) is 0 Å². The molecular formula is C16H16Cl2FN3OS. The van der Waals surface area contributed by atoms with E-state index in [4.69, 9.17) is 23.2 Å². The third-order valence-corrected chi connectivity index (χ3v) is 5.38. The lowest BCUT2D eigenvalue weighted by atomic mass is 10.1. The lowest BCUT2D eigenvalue weighted by Crippen LogP contribution is -2.48. The van der Waals surface area contributed by atoms with E-state index in [1.807, 2.05) is 6.92 Å². The number of aromatic nitrogens is 1. The standard InChI is InChI=1S/C16H16Cl2FN3OS/c1-10-20-11(9-24-10)8-21-2-4-22(5-3-21)16(23)12-6-15(19)14(18)7-13(12)17/h6-7,9H,2-5,8H2,1H3. The maximum absolute atomic E-state index is 13.6. The number of thiazole rings is 1. The van der Waals surface area contributed by atoms with Gasteiger partial charge in [0.05, 0.1) is 26.3 Å². The summed E-state index contributed by atoms with van der Waals surface area (Å²) in [5, 5.41) is 3.20. The summed E-state index contributed by atoms with van der Waals surface area (Å²) in [6.45, 7) is 5.40. The van der Waals surface area contributed by atoms with E-state index in [2.05, 4.69) is 15.3 Å². The lowest BCUT2D eigenvalue weighted by molar-refractivity contribution is 0.0627. The molecule has 1 fully saturated rings. The van der Waals surface area contributed by atoms with Crippen molar-refractivity contribution in [3.05, 3.63) is 49.6 Å². The number of carbonyl (C=O) groups is 1. The molecule has 4 nitrogen and oxygen atoms in total. The van der Waals surface area contributed by atoms with Crippen molar-refractivity contribution in [1.82, 2.24) is 14.8 Å². The monoisotopic (exact) mass is 387 g/mol. The molecule has 128 valence electrons. The predicted octanol–water partition coefficient (Wildman–Crippen LogP) is 3.86. The molecule has 0 aliphatic carbocycles. The Balaban J connectivity index is 1.62. The third kappa shape index (κ3) is 3.88. The highest BCUT2D eigenvalue weighted by Crippen LogP contribution is 2.26. The summed E-state index contributed by atoms with van der Waals surface area (Å²) < 4.78 is 13.6. The fourth-order valence-electron chi connectivity index (χ4n) is 2.68. The van der Waals surface area contributed by atoms with E-state index >= 15 is 0 Å². The number of hydrogen-bond acceptors (Lipinski definition) is 4. The molecule has 0 radical (unpaired) electrons. The van der Waals surface area contributed by atoms with Gasteiger partial charge in [-0.15, -0.1) is 11.3 Å². The molecular weight excluding hydrogens is 372 g/mol. The van der Waals surface area contributed by atoms with Crippen molar-refractivity contribution in [2.24, 2.45) is 0 Å². The van der Waals surface area contributed by atoms with Crippen LogP contribution in [0, 0.1) is 12.7 Å². The molecule has 1 aliphatic rings. The second-order valence-corrected chi connectivity index (χ2v) is 7.55. The lowest BCUT2D eigenvalue weighted by Gasteiger charge is -2.34. The van der Waals surface area contributed by atoms with Crippen LogP contribution in [-0.2, 0) is 6.54 Å². The Morgan fingerprint density at radius 2 is 1.96 bits per heavy atom. The molecule has 3 rings (SSSR count). The van der Waals surface area contributed by atoms with Crippen LogP contribution < -0.4 is 0 Å². The summed E-state index contributed by atoms with van der Waals surface area (Å²) in [6.07, 6.45) is 0. The zero-order valence-electron chi connectivity index (χ0n) is 13.1. The highest BCUT2D eigenvalue weighted by atomic mass is 35.5. The molecule has 0 N–H and O–H groups in total. The predicted molar refractivity (Wildman–Crippen MR) is 94.5 cm³/mol. The van der Waals surface area contributed by atoms with Crippen molar-refractivity contribution >= 4 is 40.4 Å². The van der Waals surface area contributed by atoms with Crippen molar-refractivity contribution in [3.63, 3.8) is 0 Å². The molecule has 0 bridgehead atoms. The average molecular weight is 388 g/mol. The second kappa shape index (κ2) is 7.35. The van der Waals surface area contributed by atoms with Crippen LogP contribution in [-0.4, -0.2) is 46.9 Å². The zero-order chi connectivity index (χ0) is 17.3. The third-order valence-electron chi connectivity index (χ3n) is 3.95. The number of benzene rings is 1. The van der Waals surface area contributed by atoms with Gasteiger partial charge in [-0.05, 0) is 19.1 Å². The first-order valence-electron chi connectivity index (χ1n) is 7.51. The van der Waals surface area contributed by atoms with Gasteiger partial charge in [-0.25, -0.2) is 9.37 Å². The molecule has 1 amide bonds. The number of piperazine rings is 1. The van der Waals surface area contributed by atoms with Crippen LogP contribution in [0.25, 0.3) is 0 Å². The van der Waals surface area contributed by atoms with Gasteiger partial charge in [0.15, 0.2) is 0 Å². The summed E-state index contributed by atoms with van der Waals surface area (Å²) in [7, 11) is 0.